The molecule has 0 radical (unpaired) electrons. The van der Waals surface area contributed by atoms with E-state index in [0.717, 1.165) is 11.3 Å². The first-order chi connectivity index (χ1) is 18.3. The number of halogens is 6. The Morgan fingerprint density at radius 2 is 1.59 bits per heavy atom. The van der Waals surface area contributed by atoms with Crippen LogP contribution in [0.4, 0.5) is 26.3 Å². The molecule has 0 spiro atoms. The molecule has 3 aliphatic rings. The standard InChI is InChI=1S/C29H29F6NO3/c1-16(19-11-20(28(30,31)32)13-21(12-19)29(33,34)35)39-24-10-7-18-15-36(22-8-9-23(37)14-22)27(38)26(18)25(24)17-5-3-2-4-6-17/h2-6,11-14,16,18,24-27,38H,7-10,15H2,1H3/t16-,18-,24+,25-,26-,27?/m1/s1. The van der Waals surface area contributed by atoms with Crippen molar-refractivity contribution < 1.29 is 41.0 Å². The first kappa shape index (κ1) is 27.7. The summed E-state index contributed by atoms with van der Waals surface area (Å²) in [6.45, 7) is 2.02. The Balaban J connectivity index is 1.46. The van der Waals surface area contributed by atoms with Crippen molar-refractivity contribution in [1.29, 1.82) is 0 Å². The molecule has 2 aromatic carbocycles. The molecule has 4 nitrogen and oxygen atoms in total. The van der Waals surface area contributed by atoms with Gasteiger partial charge in [-0.15, -0.1) is 0 Å². The fourth-order valence-electron chi connectivity index (χ4n) is 6.42. The highest BCUT2D eigenvalue weighted by Gasteiger charge is 2.51. The van der Waals surface area contributed by atoms with Crippen LogP contribution in [-0.2, 0) is 21.9 Å². The highest BCUT2D eigenvalue weighted by Crippen LogP contribution is 2.51. The van der Waals surface area contributed by atoms with E-state index in [9.17, 15) is 36.2 Å². The van der Waals surface area contributed by atoms with E-state index in [0.29, 0.717) is 44.4 Å². The number of nitrogens with zero attached hydrogens (tertiary/aromatic N) is 1. The number of fused-ring (bicyclic) bond motifs is 1. The maximum atomic E-state index is 13.5. The van der Waals surface area contributed by atoms with Crippen molar-refractivity contribution in [3.05, 3.63) is 82.6 Å². The number of ether oxygens (including phenoxy) is 1. The molecule has 210 valence electrons. The van der Waals surface area contributed by atoms with E-state index in [1.165, 1.54) is 6.92 Å². The van der Waals surface area contributed by atoms with Crippen LogP contribution in [0.3, 0.4) is 0 Å². The molecule has 1 heterocycles. The summed E-state index contributed by atoms with van der Waals surface area (Å²) in [7, 11) is 0. The van der Waals surface area contributed by atoms with E-state index in [4.69, 9.17) is 4.74 Å². The Hall–Kier alpha value is -2.85. The predicted molar refractivity (Wildman–Crippen MR) is 130 cm³/mol. The molecule has 5 rings (SSSR count). The Kier molecular flexibility index (Phi) is 7.30. The molecule has 1 aliphatic heterocycles. The van der Waals surface area contributed by atoms with E-state index in [-0.39, 0.29) is 35.2 Å². The summed E-state index contributed by atoms with van der Waals surface area (Å²) < 4.78 is 87.0. The van der Waals surface area contributed by atoms with E-state index in [1.807, 2.05) is 35.2 Å². The van der Waals surface area contributed by atoms with Crippen LogP contribution >= 0.6 is 0 Å². The second kappa shape index (κ2) is 10.3. The molecular formula is C29H29F6NO3. The molecular weight excluding hydrogens is 524 g/mol. The maximum absolute atomic E-state index is 13.5. The average molecular weight is 554 g/mol. The van der Waals surface area contributed by atoms with Crippen LogP contribution in [0.25, 0.3) is 0 Å². The third kappa shape index (κ3) is 5.59. The number of carbonyl (C=O) groups is 1. The van der Waals surface area contributed by atoms with Crippen LogP contribution in [0, 0.1) is 11.8 Å². The van der Waals surface area contributed by atoms with Gasteiger partial charge in [0.15, 0.2) is 5.78 Å². The van der Waals surface area contributed by atoms with Crippen molar-refractivity contribution in [1.82, 2.24) is 4.90 Å². The largest absolute Gasteiger partial charge is 0.416 e. The van der Waals surface area contributed by atoms with Crippen LogP contribution in [-0.4, -0.2) is 34.7 Å². The average Bonchev–Trinajstić information content (AvgIpc) is 3.46. The monoisotopic (exact) mass is 553 g/mol. The molecule has 0 bridgehead atoms. The van der Waals surface area contributed by atoms with E-state index in [1.54, 1.807) is 6.08 Å². The lowest BCUT2D eigenvalue weighted by Gasteiger charge is -2.42. The van der Waals surface area contributed by atoms with Crippen LogP contribution in [0.2, 0.25) is 0 Å². The van der Waals surface area contributed by atoms with Crippen LogP contribution in [0.15, 0.2) is 60.3 Å². The lowest BCUT2D eigenvalue weighted by molar-refractivity contribution is -0.143. The van der Waals surface area contributed by atoms with Gasteiger partial charge < -0.3 is 14.7 Å². The third-order valence-corrected chi connectivity index (χ3v) is 8.24. The fraction of sp³-hybridized carbons (Fsp3) is 0.483. The number of allylic oxidation sites excluding steroid dienone is 2. The lowest BCUT2D eigenvalue weighted by atomic mass is 9.68. The number of benzene rings is 2. The molecule has 1 saturated heterocycles. The normalized spacial score (nSPS) is 28.4. The zero-order valence-electron chi connectivity index (χ0n) is 21.2. The van der Waals surface area contributed by atoms with Crippen molar-refractivity contribution >= 4 is 5.78 Å². The van der Waals surface area contributed by atoms with Crippen LogP contribution in [0.1, 0.15) is 66.9 Å². The minimum atomic E-state index is -4.95. The number of likely N-dealkylation sites (tertiary alicyclic amines) is 1. The van der Waals surface area contributed by atoms with Crippen molar-refractivity contribution in [2.75, 3.05) is 6.54 Å². The number of aliphatic hydroxyl groups excluding tert-OH is 1. The fourth-order valence-corrected chi connectivity index (χ4v) is 6.42. The summed E-state index contributed by atoms with van der Waals surface area (Å²) in [6.07, 6.45) is -8.71. The summed E-state index contributed by atoms with van der Waals surface area (Å²) in [6, 6.07) is 10.9. The number of hydrogen-bond acceptors (Lipinski definition) is 4. The number of hydrogen-bond donors (Lipinski definition) is 1. The zero-order chi connectivity index (χ0) is 28.1. The molecule has 1 N–H and O–H groups in total. The van der Waals surface area contributed by atoms with Gasteiger partial charge in [0, 0.05) is 36.6 Å². The van der Waals surface area contributed by atoms with Crippen molar-refractivity contribution in [2.45, 2.75) is 69.3 Å². The molecule has 2 aromatic rings. The molecule has 39 heavy (non-hydrogen) atoms. The minimum absolute atomic E-state index is 0.0148. The summed E-state index contributed by atoms with van der Waals surface area (Å²) in [5, 5.41) is 11.5. The molecule has 1 saturated carbocycles. The molecule has 6 atom stereocenters. The van der Waals surface area contributed by atoms with Gasteiger partial charge >= 0.3 is 12.4 Å². The SMILES string of the molecule is C[C@@H](O[C@H]1CC[C@@H]2CN(C3=CC(=O)CC3)C(O)[C@H]2[C@@H]1c1ccccc1)c1cc(C(F)(F)F)cc(C(F)(F)F)c1. The van der Waals surface area contributed by atoms with E-state index < -0.39 is 41.9 Å². The Morgan fingerprint density at radius 1 is 0.949 bits per heavy atom. The molecule has 0 amide bonds. The molecule has 0 aromatic heterocycles. The third-order valence-electron chi connectivity index (χ3n) is 8.24. The van der Waals surface area contributed by atoms with Crippen molar-refractivity contribution in [2.24, 2.45) is 11.8 Å². The van der Waals surface area contributed by atoms with Gasteiger partial charge in [0.25, 0.3) is 0 Å². The topological polar surface area (TPSA) is 49.8 Å². The smallest absolute Gasteiger partial charge is 0.373 e. The first-order valence-electron chi connectivity index (χ1n) is 13.0. The van der Waals surface area contributed by atoms with Gasteiger partial charge in [0.1, 0.15) is 6.23 Å². The van der Waals surface area contributed by atoms with Gasteiger partial charge in [-0.05, 0) is 61.4 Å². The molecule has 10 heteroatoms. The number of alkyl halides is 6. The molecule has 2 fully saturated rings. The Labute approximate surface area is 222 Å². The Bertz CT molecular complexity index is 1210. The summed E-state index contributed by atoms with van der Waals surface area (Å²) in [5.41, 5.74) is -1.31. The number of ketones is 1. The van der Waals surface area contributed by atoms with Gasteiger partial charge in [0.05, 0.1) is 23.3 Å². The van der Waals surface area contributed by atoms with E-state index >= 15 is 0 Å². The van der Waals surface area contributed by atoms with Crippen molar-refractivity contribution in [3.63, 3.8) is 0 Å². The second-order valence-corrected chi connectivity index (χ2v) is 10.7. The van der Waals surface area contributed by atoms with Gasteiger partial charge in [-0.3, -0.25) is 4.79 Å². The second-order valence-electron chi connectivity index (χ2n) is 10.7. The first-order valence-corrected chi connectivity index (χ1v) is 13.0. The lowest BCUT2D eigenvalue weighted by Crippen LogP contribution is -2.42. The number of aliphatic hydroxyl groups is 1. The summed E-state index contributed by atoms with van der Waals surface area (Å²) >= 11 is 0. The van der Waals surface area contributed by atoms with Crippen molar-refractivity contribution in [3.8, 4) is 0 Å². The van der Waals surface area contributed by atoms with Crippen LogP contribution in [0.5, 0.6) is 0 Å². The summed E-state index contributed by atoms with van der Waals surface area (Å²) in [4.78, 5) is 13.7. The van der Waals surface area contributed by atoms with Gasteiger partial charge in [0.2, 0.25) is 0 Å². The Morgan fingerprint density at radius 3 is 2.15 bits per heavy atom. The van der Waals surface area contributed by atoms with Gasteiger partial charge in [-0.2, -0.15) is 26.3 Å². The minimum Gasteiger partial charge on any atom is -0.373 e. The molecule has 2 aliphatic carbocycles. The highest BCUT2D eigenvalue weighted by molar-refractivity contribution is 5.92. The van der Waals surface area contributed by atoms with E-state index in [2.05, 4.69) is 0 Å². The number of carbonyl (C=O) groups excluding carboxylic acids is 1. The quantitative estimate of drug-likeness (QED) is 0.411. The predicted octanol–water partition coefficient (Wildman–Crippen LogP) is 6.86. The highest BCUT2D eigenvalue weighted by atomic mass is 19.4. The van der Waals surface area contributed by atoms with Gasteiger partial charge in [-0.25, -0.2) is 0 Å². The molecule has 1 unspecified atom stereocenters. The maximum Gasteiger partial charge on any atom is 0.416 e. The zero-order valence-corrected chi connectivity index (χ0v) is 21.2. The number of rotatable bonds is 5. The summed E-state index contributed by atoms with van der Waals surface area (Å²) in [5.74, 6) is -0.538. The van der Waals surface area contributed by atoms with Crippen LogP contribution < -0.4 is 0 Å². The van der Waals surface area contributed by atoms with Gasteiger partial charge in [-0.1, -0.05) is 30.3 Å².